The molecule has 100 valence electrons. The Morgan fingerprint density at radius 2 is 2.39 bits per heavy atom. The summed E-state index contributed by atoms with van der Waals surface area (Å²) < 4.78 is 5.13. The Morgan fingerprint density at radius 3 is 3.06 bits per heavy atom. The van der Waals surface area contributed by atoms with Crippen molar-refractivity contribution in [3.05, 3.63) is 12.7 Å². The maximum absolute atomic E-state index is 11.4. The molecule has 5 nitrogen and oxygen atoms in total. The second kappa shape index (κ2) is 5.89. The van der Waals surface area contributed by atoms with E-state index in [1.165, 1.54) is 0 Å². The summed E-state index contributed by atoms with van der Waals surface area (Å²) in [5, 5.41) is 1.09. The van der Waals surface area contributed by atoms with Crippen LogP contribution in [0.15, 0.2) is 12.7 Å². The first-order chi connectivity index (χ1) is 8.70. The normalized spacial score (nSPS) is 26.0. The van der Waals surface area contributed by atoms with Crippen molar-refractivity contribution in [1.29, 1.82) is 0 Å². The van der Waals surface area contributed by atoms with Crippen LogP contribution in [-0.2, 0) is 14.4 Å². The highest BCUT2D eigenvalue weighted by Crippen LogP contribution is 2.38. The van der Waals surface area contributed by atoms with Crippen LogP contribution in [0.2, 0.25) is 0 Å². The second-order valence-electron chi connectivity index (χ2n) is 4.81. The lowest BCUT2D eigenvalue weighted by molar-refractivity contribution is -0.165. The summed E-state index contributed by atoms with van der Waals surface area (Å²) in [6.45, 7) is 4.14. The molecule has 0 N–H and O–H groups in total. The average Bonchev–Trinajstić information content (AvgIpc) is 2.93. The third-order valence-corrected chi connectivity index (χ3v) is 3.30. The van der Waals surface area contributed by atoms with Crippen molar-refractivity contribution in [2.24, 2.45) is 5.92 Å². The Kier molecular flexibility index (Phi) is 4.23. The summed E-state index contributed by atoms with van der Waals surface area (Å²) in [5.41, 5.74) is 0. The zero-order valence-corrected chi connectivity index (χ0v) is 10.5. The van der Waals surface area contributed by atoms with Crippen molar-refractivity contribution in [1.82, 2.24) is 5.06 Å². The minimum absolute atomic E-state index is 0.0278. The monoisotopic (exact) mass is 253 g/mol. The largest absolute Gasteiger partial charge is 0.533 e. The molecule has 18 heavy (non-hydrogen) atoms. The molecule has 2 rings (SSSR count). The molecule has 1 saturated heterocycles. The molecule has 2 fully saturated rings. The van der Waals surface area contributed by atoms with Gasteiger partial charge in [0.2, 0.25) is 0 Å². The SMILES string of the molecule is C=CCCC[C@@H]1C[C@H]1OC(=O)ON1CCCC1=O. The summed E-state index contributed by atoms with van der Waals surface area (Å²) >= 11 is 0. The number of carbonyl (C=O) groups excluding carboxylic acids is 2. The Bertz CT molecular complexity index is 342. The van der Waals surface area contributed by atoms with E-state index in [2.05, 4.69) is 6.58 Å². The van der Waals surface area contributed by atoms with Crippen molar-refractivity contribution in [3.63, 3.8) is 0 Å². The van der Waals surface area contributed by atoms with E-state index >= 15 is 0 Å². The lowest BCUT2D eigenvalue weighted by Gasteiger charge is -2.13. The number of hydrogen-bond acceptors (Lipinski definition) is 4. The number of unbranched alkanes of at least 4 members (excludes halogenated alkanes) is 1. The molecule has 2 aliphatic rings. The molecule has 0 spiro atoms. The van der Waals surface area contributed by atoms with E-state index in [1.54, 1.807) is 0 Å². The fourth-order valence-electron chi connectivity index (χ4n) is 2.15. The van der Waals surface area contributed by atoms with E-state index in [9.17, 15) is 9.59 Å². The molecule has 1 aliphatic carbocycles. The highest BCUT2D eigenvalue weighted by Gasteiger charge is 2.41. The van der Waals surface area contributed by atoms with Crippen molar-refractivity contribution in [2.45, 2.75) is 44.6 Å². The van der Waals surface area contributed by atoms with Gasteiger partial charge in [0.15, 0.2) is 0 Å². The quantitative estimate of drug-likeness (QED) is 0.414. The highest BCUT2D eigenvalue weighted by atomic mass is 16.8. The topological polar surface area (TPSA) is 55.8 Å². The van der Waals surface area contributed by atoms with E-state index in [4.69, 9.17) is 9.57 Å². The molecule has 1 heterocycles. The van der Waals surface area contributed by atoms with E-state index in [0.29, 0.717) is 18.9 Å². The number of hydroxylamine groups is 2. The predicted octanol–water partition coefficient (Wildman–Crippen LogP) is 2.42. The Labute approximate surface area is 107 Å². The van der Waals surface area contributed by atoms with Gasteiger partial charge < -0.3 is 9.57 Å². The van der Waals surface area contributed by atoms with E-state index in [0.717, 1.165) is 37.2 Å². The van der Waals surface area contributed by atoms with Gasteiger partial charge in [-0.15, -0.1) is 6.58 Å². The number of amides is 1. The number of nitrogens with zero attached hydrogens (tertiary/aromatic N) is 1. The first kappa shape index (κ1) is 12.9. The number of ether oxygens (including phenoxy) is 1. The molecule has 0 unspecified atom stereocenters. The minimum Gasteiger partial charge on any atom is -0.429 e. The molecule has 1 saturated carbocycles. The fraction of sp³-hybridized carbons (Fsp3) is 0.692. The molecule has 0 bridgehead atoms. The molecule has 5 heteroatoms. The molecule has 0 aromatic heterocycles. The van der Waals surface area contributed by atoms with Gasteiger partial charge in [-0.1, -0.05) is 6.08 Å². The first-order valence-electron chi connectivity index (χ1n) is 6.50. The van der Waals surface area contributed by atoms with Crippen LogP contribution < -0.4 is 0 Å². The summed E-state index contributed by atoms with van der Waals surface area (Å²) in [5.74, 6) is 0.303. The molecule has 1 amide bonds. The highest BCUT2D eigenvalue weighted by molar-refractivity contribution is 5.78. The molecular formula is C13H19NO4. The van der Waals surface area contributed by atoms with Gasteiger partial charge in [-0.3, -0.25) is 4.79 Å². The van der Waals surface area contributed by atoms with Crippen molar-refractivity contribution >= 4 is 12.1 Å². The molecule has 2 atom stereocenters. The Hall–Kier alpha value is -1.52. The Morgan fingerprint density at radius 1 is 1.56 bits per heavy atom. The first-order valence-corrected chi connectivity index (χ1v) is 6.50. The Balaban J connectivity index is 1.61. The van der Waals surface area contributed by atoms with Crippen LogP contribution >= 0.6 is 0 Å². The number of carbonyl (C=O) groups is 2. The summed E-state index contributed by atoms with van der Waals surface area (Å²) in [6, 6.07) is 0. The van der Waals surface area contributed by atoms with Gasteiger partial charge in [0.25, 0.3) is 5.91 Å². The van der Waals surface area contributed by atoms with Crippen molar-refractivity contribution in [3.8, 4) is 0 Å². The van der Waals surface area contributed by atoms with Crippen LogP contribution in [0.25, 0.3) is 0 Å². The van der Waals surface area contributed by atoms with Crippen LogP contribution in [-0.4, -0.2) is 29.8 Å². The van der Waals surface area contributed by atoms with Crippen LogP contribution in [0, 0.1) is 5.92 Å². The van der Waals surface area contributed by atoms with Crippen molar-refractivity contribution in [2.75, 3.05) is 6.54 Å². The predicted molar refractivity (Wildman–Crippen MR) is 64.5 cm³/mol. The van der Waals surface area contributed by atoms with Gasteiger partial charge >= 0.3 is 6.16 Å². The second-order valence-corrected chi connectivity index (χ2v) is 4.81. The van der Waals surface area contributed by atoms with Gasteiger partial charge in [0, 0.05) is 6.42 Å². The summed E-state index contributed by atoms with van der Waals surface area (Å²) in [7, 11) is 0. The summed E-state index contributed by atoms with van der Waals surface area (Å²) in [6.07, 6.45) is 6.32. The number of rotatable bonds is 6. The van der Waals surface area contributed by atoms with Crippen LogP contribution in [0.4, 0.5) is 4.79 Å². The van der Waals surface area contributed by atoms with Gasteiger partial charge in [-0.05, 0) is 38.0 Å². The summed E-state index contributed by atoms with van der Waals surface area (Å²) in [4.78, 5) is 27.5. The molecule has 0 aromatic rings. The van der Waals surface area contributed by atoms with E-state index in [1.807, 2.05) is 6.08 Å². The fourth-order valence-corrected chi connectivity index (χ4v) is 2.15. The van der Waals surface area contributed by atoms with Gasteiger partial charge in [0.1, 0.15) is 6.10 Å². The van der Waals surface area contributed by atoms with E-state index in [-0.39, 0.29) is 12.0 Å². The van der Waals surface area contributed by atoms with Crippen LogP contribution in [0.3, 0.4) is 0 Å². The lowest BCUT2D eigenvalue weighted by atomic mass is 10.2. The van der Waals surface area contributed by atoms with Crippen molar-refractivity contribution < 1.29 is 19.2 Å². The third-order valence-electron chi connectivity index (χ3n) is 3.30. The zero-order valence-electron chi connectivity index (χ0n) is 10.5. The smallest absolute Gasteiger partial charge is 0.429 e. The molecule has 0 aromatic carbocycles. The third kappa shape index (κ3) is 3.48. The maximum atomic E-state index is 11.4. The van der Waals surface area contributed by atoms with Crippen LogP contribution in [0.1, 0.15) is 38.5 Å². The van der Waals surface area contributed by atoms with E-state index < -0.39 is 6.16 Å². The molecule has 1 aliphatic heterocycles. The number of allylic oxidation sites excluding steroid dienone is 1. The standard InChI is InChI=1S/C13H19NO4/c1-2-3-4-6-10-9-11(10)17-13(16)18-14-8-5-7-12(14)15/h2,10-11H,1,3-9H2/t10-,11-/m1/s1. The number of hydrogen-bond donors (Lipinski definition) is 0. The zero-order chi connectivity index (χ0) is 13.0. The minimum atomic E-state index is -0.749. The molecule has 0 radical (unpaired) electrons. The molecular weight excluding hydrogens is 234 g/mol. The average molecular weight is 253 g/mol. The van der Waals surface area contributed by atoms with Gasteiger partial charge in [0.05, 0.1) is 6.54 Å². The van der Waals surface area contributed by atoms with Gasteiger partial charge in [-0.2, -0.15) is 5.06 Å². The van der Waals surface area contributed by atoms with Crippen LogP contribution in [0.5, 0.6) is 0 Å². The maximum Gasteiger partial charge on any atom is 0.533 e. The van der Waals surface area contributed by atoms with Gasteiger partial charge in [-0.25, -0.2) is 4.79 Å². The lowest BCUT2D eigenvalue weighted by Crippen LogP contribution is -2.29.